The van der Waals surface area contributed by atoms with Gasteiger partial charge in [0.25, 0.3) is 5.91 Å². The maximum atomic E-state index is 12.7. The fourth-order valence-electron chi connectivity index (χ4n) is 3.15. The molecule has 26 heavy (non-hydrogen) atoms. The van der Waals surface area contributed by atoms with Gasteiger partial charge in [-0.05, 0) is 50.1 Å². The molecule has 2 aromatic heterocycles. The number of aryl methyl sites for hydroxylation is 1. The standard InChI is InChI=1S/C20H20N4OS/c1-14-18(26-20(22-14)17-9-2-3-10-21-17)19(25)23-15-7-6-8-16(13-15)24-11-4-5-12-24/h2-3,6-10,13H,4-5,11-12H2,1H3,(H,23,25). The van der Waals surface area contributed by atoms with E-state index in [1.807, 2.05) is 43.3 Å². The molecule has 1 saturated heterocycles. The minimum Gasteiger partial charge on any atom is -0.371 e. The smallest absolute Gasteiger partial charge is 0.267 e. The van der Waals surface area contributed by atoms with Crippen LogP contribution in [0.4, 0.5) is 11.4 Å². The lowest BCUT2D eigenvalue weighted by atomic mass is 10.2. The predicted octanol–water partition coefficient (Wildman–Crippen LogP) is 4.37. The zero-order valence-electron chi connectivity index (χ0n) is 14.6. The van der Waals surface area contributed by atoms with Crippen LogP contribution in [0.25, 0.3) is 10.7 Å². The van der Waals surface area contributed by atoms with Crippen LogP contribution in [0.3, 0.4) is 0 Å². The lowest BCUT2D eigenvalue weighted by Gasteiger charge is -2.18. The molecule has 0 radical (unpaired) electrons. The summed E-state index contributed by atoms with van der Waals surface area (Å²) in [5, 5.41) is 3.78. The Balaban J connectivity index is 1.53. The maximum Gasteiger partial charge on any atom is 0.267 e. The van der Waals surface area contributed by atoms with Gasteiger partial charge in [0.1, 0.15) is 9.88 Å². The van der Waals surface area contributed by atoms with Crippen LogP contribution in [0.5, 0.6) is 0 Å². The van der Waals surface area contributed by atoms with Crippen molar-refractivity contribution >= 4 is 28.6 Å². The second-order valence-corrected chi connectivity index (χ2v) is 7.35. The summed E-state index contributed by atoms with van der Waals surface area (Å²) in [4.78, 5) is 24.5. The average molecular weight is 364 g/mol. The molecule has 1 aliphatic heterocycles. The highest BCUT2D eigenvalue weighted by atomic mass is 32.1. The van der Waals surface area contributed by atoms with Crippen molar-refractivity contribution in [2.75, 3.05) is 23.3 Å². The van der Waals surface area contributed by atoms with Gasteiger partial charge in [-0.25, -0.2) is 4.98 Å². The number of aromatic nitrogens is 2. The maximum absolute atomic E-state index is 12.7. The summed E-state index contributed by atoms with van der Waals surface area (Å²) in [6.45, 7) is 4.02. The van der Waals surface area contributed by atoms with E-state index in [2.05, 4.69) is 26.3 Å². The number of hydrogen-bond acceptors (Lipinski definition) is 5. The minimum atomic E-state index is -0.124. The average Bonchev–Trinajstić information content (AvgIpc) is 3.32. The number of rotatable bonds is 4. The Kier molecular flexibility index (Phi) is 4.67. The first-order valence-corrected chi connectivity index (χ1v) is 9.57. The molecule has 1 aromatic carbocycles. The van der Waals surface area contributed by atoms with Crippen molar-refractivity contribution in [1.29, 1.82) is 0 Å². The second kappa shape index (κ2) is 7.25. The van der Waals surface area contributed by atoms with Gasteiger partial charge < -0.3 is 10.2 Å². The fraction of sp³-hybridized carbons (Fsp3) is 0.250. The molecule has 0 aliphatic carbocycles. The van der Waals surface area contributed by atoms with Crippen molar-refractivity contribution in [3.05, 3.63) is 59.2 Å². The van der Waals surface area contributed by atoms with E-state index in [0.717, 1.165) is 40.9 Å². The first-order chi connectivity index (χ1) is 12.7. The van der Waals surface area contributed by atoms with Gasteiger partial charge in [-0.2, -0.15) is 0 Å². The molecule has 1 fully saturated rings. The Labute approximate surface area is 156 Å². The first-order valence-electron chi connectivity index (χ1n) is 8.76. The van der Waals surface area contributed by atoms with Gasteiger partial charge >= 0.3 is 0 Å². The molecule has 3 aromatic rings. The second-order valence-electron chi connectivity index (χ2n) is 6.35. The van der Waals surface area contributed by atoms with Crippen LogP contribution in [-0.4, -0.2) is 29.0 Å². The number of hydrogen-bond donors (Lipinski definition) is 1. The van der Waals surface area contributed by atoms with E-state index < -0.39 is 0 Å². The molecule has 0 unspecified atom stereocenters. The Hall–Kier alpha value is -2.73. The highest BCUT2D eigenvalue weighted by Crippen LogP contribution is 2.28. The van der Waals surface area contributed by atoms with Gasteiger partial charge in [-0.3, -0.25) is 9.78 Å². The highest BCUT2D eigenvalue weighted by Gasteiger charge is 2.18. The molecule has 1 N–H and O–H groups in total. The van der Waals surface area contributed by atoms with Gasteiger partial charge in [-0.15, -0.1) is 11.3 Å². The third kappa shape index (κ3) is 3.46. The molecule has 5 nitrogen and oxygen atoms in total. The zero-order valence-corrected chi connectivity index (χ0v) is 15.4. The molecule has 3 heterocycles. The van der Waals surface area contributed by atoms with E-state index in [0.29, 0.717) is 4.88 Å². The van der Waals surface area contributed by atoms with E-state index in [1.54, 1.807) is 6.20 Å². The van der Waals surface area contributed by atoms with E-state index in [-0.39, 0.29) is 5.91 Å². The third-order valence-corrected chi connectivity index (χ3v) is 5.64. The monoisotopic (exact) mass is 364 g/mol. The van der Waals surface area contributed by atoms with Crippen LogP contribution in [-0.2, 0) is 0 Å². The van der Waals surface area contributed by atoms with E-state index >= 15 is 0 Å². The molecule has 1 aliphatic rings. The largest absolute Gasteiger partial charge is 0.371 e. The van der Waals surface area contributed by atoms with Gasteiger partial charge in [0.05, 0.1) is 11.4 Å². The molecule has 0 saturated carbocycles. The quantitative estimate of drug-likeness (QED) is 0.747. The molecular formula is C20H20N4OS. The summed E-state index contributed by atoms with van der Waals surface area (Å²) >= 11 is 1.37. The number of carbonyl (C=O) groups is 1. The number of thiazole rings is 1. The van der Waals surface area contributed by atoms with Gasteiger partial charge in [0.2, 0.25) is 0 Å². The number of nitrogens with one attached hydrogen (secondary N) is 1. The van der Waals surface area contributed by atoms with E-state index in [9.17, 15) is 4.79 Å². The molecular weight excluding hydrogens is 344 g/mol. The molecule has 1 amide bonds. The van der Waals surface area contributed by atoms with E-state index in [4.69, 9.17) is 0 Å². The van der Waals surface area contributed by atoms with Crippen molar-refractivity contribution in [2.45, 2.75) is 19.8 Å². The third-order valence-electron chi connectivity index (χ3n) is 4.46. The van der Waals surface area contributed by atoms with Crippen LogP contribution in [0.2, 0.25) is 0 Å². The number of anilines is 2. The Morgan fingerprint density at radius 2 is 2.00 bits per heavy atom. The van der Waals surface area contributed by atoms with Crippen LogP contribution in [0.15, 0.2) is 48.7 Å². The zero-order chi connectivity index (χ0) is 17.9. The van der Waals surface area contributed by atoms with Crippen molar-refractivity contribution < 1.29 is 4.79 Å². The molecule has 0 spiro atoms. The fourth-order valence-corrected chi connectivity index (χ4v) is 4.09. The SMILES string of the molecule is Cc1nc(-c2ccccn2)sc1C(=O)Nc1cccc(N2CCCC2)c1. The topological polar surface area (TPSA) is 58.1 Å². The summed E-state index contributed by atoms with van der Waals surface area (Å²) < 4.78 is 0. The van der Waals surface area contributed by atoms with Crippen molar-refractivity contribution in [3.8, 4) is 10.7 Å². The number of pyridine rings is 1. The summed E-state index contributed by atoms with van der Waals surface area (Å²) in [5.41, 5.74) is 3.49. The van der Waals surface area contributed by atoms with Crippen molar-refractivity contribution in [2.24, 2.45) is 0 Å². The molecule has 132 valence electrons. The normalized spacial score (nSPS) is 13.8. The molecule has 0 bridgehead atoms. The van der Waals surface area contributed by atoms with Gasteiger partial charge in [0, 0.05) is 30.7 Å². The summed E-state index contributed by atoms with van der Waals surface area (Å²) in [5.74, 6) is -0.124. The highest BCUT2D eigenvalue weighted by molar-refractivity contribution is 7.17. The van der Waals surface area contributed by atoms with Crippen molar-refractivity contribution in [3.63, 3.8) is 0 Å². The Morgan fingerprint density at radius 1 is 1.15 bits per heavy atom. The van der Waals surface area contributed by atoms with Gasteiger partial charge in [-0.1, -0.05) is 12.1 Å². The predicted molar refractivity (Wildman–Crippen MR) is 106 cm³/mol. The number of nitrogens with zero attached hydrogens (tertiary/aromatic N) is 3. The Morgan fingerprint density at radius 3 is 2.77 bits per heavy atom. The van der Waals surface area contributed by atoms with E-state index in [1.165, 1.54) is 24.2 Å². The van der Waals surface area contributed by atoms with Crippen molar-refractivity contribution in [1.82, 2.24) is 9.97 Å². The number of benzene rings is 1. The molecule has 0 atom stereocenters. The Bertz CT molecular complexity index is 917. The summed E-state index contributed by atoms with van der Waals surface area (Å²) in [6, 6.07) is 13.7. The lowest BCUT2D eigenvalue weighted by molar-refractivity contribution is 0.103. The lowest BCUT2D eigenvalue weighted by Crippen LogP contribution is -2.18. The van der Waals surface area contributed by atoms with Crippen LogP contribution >= 0.6 is 11.3 Å². The van der Waals surface area contributed by atoms with Gasteiger partial charge in [0.15, 0.2) is 0 Å². The first kappa shape index (κ1) is 16.7. The van der Waals surface area contributed by atoms with Crippen LogP contribution < -0.4 is 10.2 Å². The summed E-state index contributed by atoms with van der Waals surface area (Å²) in [7, 11) is 0. The number of carbonyl (C=O) groups excluding carboxylic acids is 1. The van der Waals surface area contributed by atoms with Crippen LogP contribution in [0.1, 0.15) is 28.2 Å². The minimum absolute atomic E-state index is 0.124. The number of amides is 1. The molecule has 4 rings (SSSR count). The summed E-state index contributed by atoms with van der Waals surface area (Å²) in [6.07, 6.45) is 4.19. The molecule has 6 heteroatoms. The van der Waals surface area contributed by atoms with Crippen LogP contribution in [0, 0.1) is 6.92 Å².